The topological polar surface area (TPSA) is 115 Å². The van der Waals surface area contributed by atoms with Crippen LogP contribution >= 0.6 is 11.6 Å². The average Bonchev–Trinajstić information content (AvgIpc) is 2.72. The van der Waals surface area contributed by atoms with Gasteiger partial charge in [0.15, 0.2) is 0 Å². The largest absolute Gasteiger partial charge is 0.755 e. The molecule has 9 nitrogen and oxygen atoms in total. The number of pyridine rings is 1. The minimum atomic E-state index is -2.50. The van der Waals surface area contributed by atoms with Crippen LogP contribution in [0.5, 0.6) is 5.75 Å². The zero-order chi connectivity index (χ0) is 21.0. The highest BCUT2D eigenvalue weighted by Gasteiger charge is 2.26. The number of carbonyl (C=O) groups is 2. The van der Waals surface area contributed by atoms with E-state index in [1.54, 1.807) is 15.9 Å². The molecule has 2 amide bonds. The van der Waals surface area contributed by atoms with Gasteiger partial charge in [0.2, 0.25) is 0 Å². The molecule has 2 aromatic rings. The first-order valence-electron chi connectivity index (χ1n) is 8.62. The first-order chi connectivity index (χ1) is 13.9. The van der Waals surface area contributed by atoms with Gasteiger partial charge < -0.3 is 23.8 Å². The smallest absolute Gasteiger partial charge is 0.255 e. The Morgan fingerprint density at radius 1 is 1.10 bits per heavy atom. The molecule has 1 aliphatic heterocycles. The number of ether oxygens (including phenoxy) is 1. The number of rotatable bonds is 5. The zero-order valence-electron chi connectivity index (χ0n) is 15.5. The Balaban J connectivity index is 1.65. The molecule has 0 radical (unpaired) electrons. The predicted molar refractivity (Wildman–Crippen MR) is 107 cm³/mol. The van der Waals surface area contributed by atoms with Crippen molar-refractivity contribution in [2.75, 3.05) is 38.0 Å². The Morgan fingerprint density at radius 2 is 1.72 bits per heavy atom. The van der Waals surface area contributed by atoms with Crippen LogP contribution in [0.2, 0.25) is 5.02 Å². The van der Waals surface area contributed by atoms with Crippen molar-refractivity contribution >= 4 is 40.4 Å². The van der Waals surface area contributed by atoms with E-state index in [1.165, 1.54) is 37.7 Å². The van der Waals surface area contributed by atoms with Gasteiger partial charge in [0.05, 0.1) is 23.4 Å². The summed E-state index contributed by atoms with van der Waals surface area (Å²) in [6, 6.07) is 6.03. The second-order valence-corrected chi connectivity index (χ2v) is 7.34. The summed E-state index contributed by atoms with van der Waals surface area (Å²) in [5, 5.41) is 0.386. The lowest BCUT2D eigenvalue weighted by atomic mass is 10.1. The van der Waals surface area contributed by atoms with Gasteiger partial charge in [0.25, 0.3) is 11.8 Å². The molecule has 29 heavy (non-hydrogen) atoms. The summed E-state index contributed by atoms with van der Waals surface area (Å²) in [4.78, 5) is 32.6. The molecule has 1 aliphatic rings. The maximum Gasteiger partial charge on any atom is 0.255 e. The maximum absolute atomic E-state index is 12.8. The summed E-state index contributed by atoms with van der Waals surface area (Å²) < 4.78 is 29.0. The Kier molecular flexibility index (Phi) is 6.68. The normalized spacial score (nSPS) is 15.0. The first-order valence-corrected chi connectivity index (χ1v) is 10.1. The van der Waals surface area contributed by atoms with Crippen molar-refractivity contribution in [1.82, 2.24) is 14.8 Å². The lowest BCUT2D eigenvalue weighted by Gasteiger charge is -2.35. The summed E-state index contributed by atoms with van der Waals surface area (Å²) in [5.41, 5.74) is 1.01. The van der Waals surface area contributed by atoms with Crippen molar-refractivity contribution in [3.8, 4) is 5.75 Å². The molecule has 1 unspecified atom stereocenters. The monoisotopic (exact) mass is 437 g/mol. The highest BCUT2D eigenvalue weighted by molar-refractivity contribution is 7.80. The van der Waals surface area contributed by atoms with Gasteiger partial charge in [0, 0.05) is 55.4 Å². The number of piperazine rings is 1. The van der Waals surface area contributed by atoms with Gasteiger partial charge in [-0.1, -0.05) is 11.6 Å². The number of nitrogens with zero attached hydrogens (tertiary/aromatic N) is 3. The van der Waals surface area contributed by atoms with Crippen LogP contribution in [0.15, 0.2) is 36.7 Å². The lowest BCUT2D eigenvalue weighted by molar-refractivity contribution is 0.0535. The summed E-state index contributed by atoms with van der Waals surface area (Å²) in [6.45, 7) is 1.49. The van der Waals surface area contributed by atoms with E-state index in [0.717, 1.165) is 0 Å². The van der Waals surface area contributed by atoms with E-state index in [-0.39, 0.29) is 23.3 Å². The molecule has 3 rings (SSSR count). The van der Waals surface area contributed by atoms with Crippen LogP contribution < -0.4 is 9.46 Å². The van der Waals surface area contributed by atoms with Crippen LogP contribution in [0.25, 0.3) is 0 Å². The van der Waals surface area contributed by atoms with E-state index in [4.69, 9.17) is 16.3 Å². The number of amides is 2. The zero-order valence-corrected chi connectivity index (χ0v) is 17.0. The number of methoxy groups -OCH3 is 1. The minimum Gasteiger partial charge on any atom is -0.755 e. The van der Waals surface area contributed by atoms with Crippen molar-refractivity contribution in [3.05, 3.63) is 52.8 Å². The fourth-order valence-corrected chi connectivity index (χ4v) is 3.53. The summed E-state index contributed by atoms with van der Waals surface area (Å²) >= 11 is 3.39. The summed E-state index contributed by atoms with van der Waals surface area (Å²) in [7, 11) is 1.39. The van der Waals surface area contributed by atoms with Crippen LogP contribution in [0.4, 0.5) is 5.69 Å². The molecule has 1 N–H and O–H groups in total. The van der Waals surface area contributed by atoms with Gasteiger partial charge in [-0.25, -0.2) is 0 Å². The minimum absolute atomic E-state index is 0.185. The molecule has 2 heterocycles. The molecule has 11 heteroatoms. The van der Waals surface area contributed by atoms with Crippen LogP contribution in [0, 0.1) is 0 Å². The molecule has 154 valence electrons. The number of halogens is 1. The molecule has 0 aliphatic carbocycles. The van der Waals surface area contributed by atoms with Crippen molar-refractivity contribution in [2.24, 2.45) is 0 Å². The third-order valence-electron chi connectivity index (χ3n) is 4.45. The molecule has 0 saturated carbocycles. The van der Waals surface area contributed by atoms with Gasteiger partial charge in [-0.15, -0.1) is 0 Å². The predicted octanol–water partition coefficient (Wildman–Crippen LogP) is 1.55. The van der Waals surface area contributed by atoms with Crippen molar-refractivity contribution in [2.45, 2.75) is 0 Å². The maximum atomic E-state index is 12.8. The molecule has 1 fully saturated rings. The molecular formula is C18H18ClN4O5S-. The van der Waals surface area contributed by atoms with E-state index in [0.29, 0.717) is 42.3 Å². The number of nitrogens with one attached hydrogen (secondary N) is 1. The van der Waals surface area contributed by atoms with E-state index in [2.05, 4.69) is 9.71 Å². The Hall–Kier alpha value is -2.69. The number of aromatic nitrogens is 1. The lowest BCUT2D eigenvalue weighted by Crippen LogP contribution is -2.50. The van der Waals surface area contributed by atoms with E-state index >= 15 is 0 Å². The fraction of sp³-hybridized carbons (Fsp3) is 0.278. The quantitative estimate of drug-likeness (QED) is 0.709. The summed E-state index contributed by atoms with van der Waals surface area (Å²) in [6.07, 6.45) is 2.92. The number of hydrogen-bond donors (Lipinski definition) is 1. The van der Waals surface area contributed by atoms with Gasteiger partial charge >= 0.3 is 0 Å². The Morgan fingerprint density at radius 3 is 2.28 bits per heavy atom. The van der Waals surface area contributed by atoms with Crippen LogP contribution in [0.3, 0.4) is 0 Å². The first kappa shape index (κ1) is 21.0. The molecule has 0 spiro atoms. The fourth-order valence-electron chi connectivity index (χ4n) is 3.00. The number of anilines is 1. The van der Waals surface area contributed by atoms with Gasteiger partial charge in [-0.2, -0.15) is 0 Å². The van der Waals surface area contributed by atoms with Gasteiger partial charge in [-0.3, -0.25) is 18.8 Å². The van der Waals surface area contributed by atoms with E-state index in [1.807, 2.05) is 0 Å². The van der Waals surface area contributed by atoms with Crippen molar-refractivity contribution < 1.29 is 23.1 Å². The van der Waals surface area contributed by atoms with Crippen molar-refractivity contribution in [3.63, 3.8) is 0 Å². The van der Waals surface area contributed by atoms with Crippen LogP contribution in [-0.2, 0) is 11.3 Å². The Bertz CT molecular complexity index is 950. The highest BCUT2D eigenvalue weighted by Crippen LogP contribution is 2.26. The molecule has 1 aromatic heterocycles. The number of carbonyl (C=O) groups excluding carboxylic acids is 2. The molecular weight excluding hydrogens is 420 g/mol. The molecule has 1 saturated heterocycles. The third kappa shape index (κ3) is 5.03. The van der Waals surface area contributed by atoms with Gasteiger partial charge in [0.1, 0.15) is 5.75 Å². The molecule has 0 bridgehead atoms. The third-order valence-corrected chi connectivity index (χ3v) is 5.04. The van der Waals surface area contributed by atoms with Crippen LogP contribution in [0.1, 0.15) is 20.7 Å². The van der Waals surface area contributed by atoms with Crippen LogP contribution in [-0.4, -0.2) is 68.6 Å². The number of benzene rings is 1. The van der Waals surface area contributed by atoms with E-state index < -0.39 is 11.3 Å². The van der Waals surface area contributed by atoms with E-state index in [9.17, 15) is 18.4 Å². The Labute approximate surface area is 175 Å². The SMILES string of the molecule is COc1cc(C(=O)N2CCN(C(=O)c3cncc(Cl)c3)CC2)ccc1NS(=O)[O-]. The summed E-state index contributed by atoms with van der Waals surface area (Å²) in [5.74, 6) is -0.174. The second-order valence-electron chi connectivity index (χ2n) is 6.23. The van der Waals surface area contributed by atoms with Gasteiger partial charge in [-0.05, 0) is 24.3 Å². The highest BCUT2D eigenvalue weighted by atomic mass is 35.5. The second kappa shape index (κ2) is 9.21. The number of hydrogen-bond acceptors (Lipinski definition) is 6. The molecule has 1 aromatic carbocycles. The van der Waals surface area contributed by atoms with Crippen molar-refractivity contribution in [1.29, 1.82) is 0 Å². The standard InChI is InChI=1S/C18H19ClN4O5S/c1-28-16-9-12(2-3-15(16)21-29(26)27)17(24)22-4-6-23(7-5-22)18(25)13-8-14(19)11-20-10-13/h2-3,8-11,21H,4-7H2,1H3,(H,26,27)/p-1. The molecule has 1 atom stereocenters. The average molecular weight is 438 g/mol.